The molecule has 6 heteroatoms. The number of carbonyl (C=O) groups excluding carboxylic acids is 1. The molecule has 72 valence electrons. The Morgan fingerprint density at radius 1 is 1.58 bits per heavy atom. The molecule has 0 rings (SSSR count). The first-order valence-electron chi connectivity index (χ1n) is 3.24. The largest absolute Gasteiger partial charge is 0.468 e. The maximum absolute atomic E-state index is 10.9. The topological polar surface area (TPSA) is 86.5 Å². The molecule has 0 spiro atoms. The zero-order valence-electron chi connectivity index (χ0n) is 7.33. The van der Waals surface area contributed by atoms with E-state index in [0.29, 0.717) is 0 Å². The van der Waals surface area contributed by atoms with E-state index in [1.54, 1.807) is 0 Å². The third kappa shape index (κ3) is 3.68. The summed E-state index contributed by atoms with van der Waals surface area (Å²) >= 11 is 0. The van der Waals surface area contributed by atoms with Crippen LogP contribution in [0.1, 0.15) is 6.92 Å². The maximum Gasteiger partial charge on any atom is 0.326 e. The van der Waals surface area contributed by atoms with Crippen molar-refractivity contribution in [2.45, 2.75) is 12.5 Å². The summed E-state index contributed by atoms with van der Waals surface area (Å²) in [6.45, 7) is 1.32. The molecule has 0 aliphatic carbocycles. The van der Waals surface area contributed by atoms with Gasteiger partial charge in [-0.05, 0) is 6.92 Å². The van der Waals surface area contributed by atoms with E-state index in [0.717, 1.165) is 13.4 Å². The second kappa shape index (κ2) is 3.40. The Bertz CT molecular complexity index is 267. The van der Waals surface area contributed by atoms with Crippen LogP contribution < -0.4 is 5.73 Å². The molecule has 0 saturated carbocycles. The normalized spacial score (nSPS) is 16.7. The van der Waals surface area contributed by atoms with E-state index in [1.165, 1.54) is 6.92 Å². The standard InChI is InChI=1S/C6H13NO4S/c1-6(7,5(8)11-2)4-12(3,9)10/h4,7H2,1-3H3. The summed E-state index contributed by atoms with van der Waals surface area (Å²) in [6, 6.07) is 0. The van der Waals surface area contributed by atoms with Crippen LogP contribution in [0.4, 0.5) is 0 Å². The summed E-state index contributed by atoms with van der Waals surface area (Å²) < 4.78 is 25.9. The zero-order valence-corrected chi connectivity index (χ0v) is 8.14. The van der Waals surface area contributed by atoms with Crippen LogP contribution in [0.15, 0.2) is 0 Å². The second-order valence-corrected chi connectivity index (χ2v) is 5.12. The molecular weight excluding hydrogens is 182 g/mol. The summed E-state index contributed by atoms with van der Waals surface area (Å²) in [4.78, 5) is 10.9. The van der Waals surface area contributed by atoms with E-state index in [1.807, 2.05) is 0 Å². The SMILES string of the molecule is COC(=O)C(C)(N)CS(C)(=O)=O. The fourth-order valence-electron chi connectivity index (χ4n) is 0.837. The van der Waals surface area contributed by atoms with Crippen molar-refractivity contribution in [1.29, 1.82) is 0 Å². The smallest absolute Gasteiger partial charge is 0.326 e. The van der Waals surface area contributed by atoms with Crippen molar-refractivity contribution >= 4 is 15.8 Å². The molecule has 1 unspecified atom stereocenters. The van der Waals surface area contributed by atoms with Gasteiger partial charge in [0.25, 0.3) is 0 Å². The lowest BCUT2D eigenvalue weighted by molar-refractivity contribution is -0.145. The molecule has 0 radical (unpaired) electrons. The molecule has 0 bridgehead atoms. The molecule has 5 nitrogen and oxygen atoms in total. The summed E-state index contributed by atoms with van der Waals surface area (Å²) in [5.74, 6) is -1.14. The van der Waals surface area contributed by atoms with Crippen molar-refractivity contribution in [3.63, 3.8) is 0 Å². The van der Waals surface area contributed by atoms with E-state index in [9.17, 15) is 13.2 Å². The lowest BCUT2D eigenvalue weighted by atomic mass is 10.1. The summed E-state index contributed by atoms with van der Waals surface area (Å²) in [5.41, 5.74) is 3.95. The van der Waals surface area contributed by atoms with Gasteiger partial charge in [-0.1, -0.05) is 0 Å². The lowest BCUT2D eigenvalue weighted by Crippen LogP contribution is -2.51. The quantitative estimate of drug-likeness (QED) is 0.579. The summed E-state index contributed by atoms with van der Waals surface area (Å²) in [7, 11) is -2.10. The van der Waals surface area contributed by atoms with Crippen LogP contribution in [0.3, 0.4) is 0 Å². The van der Waals surface area contributed by atoms with E-state index in [4.69, 9.17) is 5.73 Å². The van der Waals surface area contributed by atoms with Gasteiger partial charge in [0.15, 0.2) is 0 Å². The van der Waals surface area contributed by atoms with Crippen molar-refractivity contribution in [2.75, 3.05) is 19.1 Å². The minimum absolute atomic E-state index is 0.410. The number of hydrogen-bond acceptors (Lipinski definition) is 5. The third-order valence-electron chi connectivity index (χ3n) is 1.21. The van der Waals surface area contributed by atoms with E-state index < -0.39 is 27.1 Å². The molecule has 0 fully saturated rings. The van der Waals surface area contributed by atoms with Crippen LogP contribution in [0.5, 0.6) is 0 Å². The summed E-state index contributed by atoms with van der Waals surface area (Å²) in [6.07, 6.45) is 1.01. The van der Waals surface area contributed by atoms with Crippen molar-refractivity contribution in [3.8, 4) is 0 Å². The van der Waals surface area contributed by atoms with Gasteiger partial charge in [0.1, 0.15) is 15.4 Å². The van der Waals surface area contributed by atoms with Gasteiger partial charge in [-0.3, -0.25) is 4.79 Å². The second-order valence-electron chi connectivity index (χ2n) is 2.98. The molecule has 1 atom stereocenters. The van der Waals surface area contributed by atoms with Gasteiger partial charge >= 0.3 is 5.97 Å². The highest BCUT2D eigenvalue weighted by atomic mass is 32.2. The van der Waals surface area contributed by atoms with E-state index in [-0.39, 0.29) is 0 Å². The number of ether oxygens (including phenoxy) is 1. The van der Waals surface area contributed by atoms with Gasteiger partial charge in [0.05, 0.1) is 12.9 Å². The molecule has 0 aromatic rings. The predicted octanol–water partition coefficient (Wildman–Crippen LogP) is -1.08. The Labute approximate surface area is 71.8 Å². The van der Waals surface area contributed by atoms with Crippen molar-refractivity contribution in [1.82, 2.24) is 0 Å². The Hall–Kier alpha value is -0.620. The average molecular weight is 195 g/mol. The molecule has 0 amide bonds. The minimum Gasteiger partial charge on any atom is -0.468 e. The van der Waals surface area contributed by atoms with Crippen LogP contribution in [0.25, 0.3) is 0 Å². The van der Waals surface area contributed by atoms with Crippen molar-refractivity contribution < 1.29 is 17.9 Å². The van der Waals surface area contributed by atoms with Gasteiger partial charge < -0.3 is 10.5 Å². The third-order valence-corrected chi connectivity index (χ3v) is 2.34. The van der Waals surface area contributed by atoms with Crippen molar-refractivity contribution in [3.05, 3.63) is 0 Å². The lowest BCUT2D eigenvalue weighted by Gasteiger charge is -2.19. The molecule has 0 aliphatic heterocycles. The highest BCUT2D eigenvalue weighted by Gasteiger charge is 2.33. The Kier molecular flexibility index (Phi) is 3.23. The maximum atomic E-state index is 10.9. The fourth-order valence-corrected chi connectivity index (χ4v) is 2.04. The minimum atomic E-state index is -3.26. The molecule has 0 heterocycles. The average Bonchev–Trinajstić information content (AvgIpc) is 1.80. The molecular formula is C6H13NO4S. The number of sulfone groups is 1. The number of methoxy groups -OCH3 is 1. The first-order chi connectivity index (χ1) is 5.19. The predicted molar refractivity (Wildman–Crippen MR) is 44.3 cm³/mol. The van der Waals surface area contributed by atoms with E-state index >= 15 is 0 Å². The van der Waals surface area contributed by atoms with Crippen LogP contribution in [-0.4, -0.2) is 39.0 Å². The number of rotatable bonds is 3. The monoisotopic (exact) mass is 195 g/mol. The van der Waals surface area contributed by atoms with Gasteiger partial charge in [-0.15, -0.1) is 0 Å². The first kappa shape index (κ1) is 11.4. The molecule has 0 aromatic heterocycles. The van der Waals surface area contributed by atoms with E-state index in [2.05, 4.69) is 4.74 Å². The van der Waals surface area contributed by atoms with Crippen LogP contribution in [0, 0.1) is 0 Å². The number of hydrogen-bond donors (Lipinski definition) is 1. The van der Waals surface area contributed by atoms with Crippen molar-refractivity contribution in [2.24, 2.45) is 5.73 Å². The molecule has 12 heavy (non-hydrogen) atoms. The first-order valence-corrected chi connectivity index (χ1v) is 5.30. The van der Waals surface area contributed by atoms with Crippen LogP contribution in [0.2, 0.25) is 0 Å². The highest BCUT2D eigenvalue weighted by Crippen LogP contribution is 2.05. The Morgan fingerprint density at radius 2 is 2.00 bits per heavy atom. The van der Waals surface area contributed by atoms with Gasteiger partial charge in [0.2, 0.25) is 0 Å². The van der Waals surface area contributed by atoms with Gasteiger partial charge in [0, 0.05) is 6.26 Å². The van der Waals surface area contributed by atoms with Gasteiger partial charge in [-0.25, -0.2) is 8.42 Å². The molecule has 0 aromatic carbocycles. The number of esters is 1. The summed E-state index contributed by atoms with van der Waals surface area (Å²) in [5, 5.41) is 0. The Morgan fingerprint density at radius 3 is 2.25 bits per heavy atom. The zero-order chi connectivity index (χ0) is 9.99. The molecule has 2 N–H and O–H groups in total. The highest BCUT2D eigenvalue weighted by molar-refractivity contribution is 7.90. The van der Waals surface area contributed by atoms with Crippen LogP contribution >= 0.6 is 0 Å². The van der Waals surface area contributed by atoms with Gasteiger partial charge in [-0.2, -0.15) is 0 Å². The number of nitrogens with two attached hydrogens (primary N) is 1. The number of carbonyl (C=O) groups is 1. The molecule has 0 saturated heterocycles. The van der Waals surface area contributed by atoms with Crippen LogP contribution in [-0.2, 0) is 19.4 Å². The Balaban J connectivity index is 4.54. The fraction of sp³-hybridized carbons (Fsp3) is 0.833. The molecule has 0 aliphatic rings.